The predicted octanol–water partition coefficient (Wildman–Crippen LogP) is 5.36. The first-order chi connectivity index (χ1) is 18.1. The number of carbonyl (C=O) groups is 2. The van der Waals surface area contributed by atoms with Crippen LogP contribution < -0.4 is 9.47 Å². The summed E-state index contributed by atoms with van der Waals surface area (Å²) in [4.78, 5) is 32.6. The molecule has 2 heterocycles. The van der Waals surface area contributed by atoms with Crippen molar-refractivity contribution >= 4 is 11.6 Å². The molecule has 6 nitrogen and oxygen atoms in total. The van der Waals surface area contributed by atoms with Crippen LogP contribution in [0.4, 0.5) is 0 Å². The molecule has 2 aliphatic heterocycles. The second-order valence-electron chi connectivity index (χ2n) is 10.5. The van der Waals surface area contributed by atoms with E-state index in [1.807, 2.05) is 48.5 Å². The maximum atomic E-state index is 13.9. The largest absolute Gasteiger partial charge is 0.497 e. The van der Waals surface area contributed by atoms with Crippen LogP contribution in [-0.4, -0.2) is 74.9 Å². The molecule has 2 aromatic rings. The molecule has 2 aliphatic rings. The lowest BCUT2D eigenvalue weighted by molar-refractivity contribution is 0.0752. The summed E-state index contributed by atoms with van der Waals surface area (Å²) < 4.78 is 10.6. The number of benzene rings is 2. The molecule has 0 radical (unpaired) electrons. The minimum absolute atomic E-state index is 0.124. The molecule has 0 N–H and O–H groups in total. The van der Waals surface area contributed by atoms with Gasteiger partial charge in [-0.2, -0.15) is 0 Å². The first kappa shape index (κ1) is 27.3. The van der Waals surface area contributed by atoms with E-state index in [4.69, 9.17) is 9.47 Å². The van der Waals surface area contributed by atoms with Crippen LogP contribution in [0.15, 0.2) is 48.5 Å². The zero-order valence-electron chi connectivity index (χ0n) is 22.5. The first-order valence-corrected chi connectivity index (χ1v) is 13.9. The maximum Gasteiger partial charge on any atom is 0.167 e. The van der Waals surface area contributed by atoms with Crippen molar-refractivity contribution in [3.05, 3.63) is 59.7 Å². The monoisotopic (exact) mass is 506 g/mol. The number of ether oxygens (including phenoxy) is 2. The Labute approximate surface area is 221 Å². The van der Waals surface area contributed by atoms with Gasteiger partial charge in [0, 0.05) is 36.1 Å². The highest BCUT2D eigenvalue weighted by molar-refractivity contribution is 6.00. The summed E-state index contributed by atoms with van der Waals surface area (Å²) in [7, 11) is 3.26. The Morgan fingerprint density at radius 1 is 0.622 bits per heavy atom. The van der Waals surface area contributed by atoms with Gasteiger partial charge >= 0.3 is 0 Å². The molecular weight excluding hydrogens is 464 g/mol. The minimum atomic E-state index is -0.233. The van der Waals surface area contributed by atoms with E-state index in [0.29, 0.717) is 30.6 Å². The fraction of sp³-hybridized carbons (Fsp3) is 0.548. The number of hydrogen-bond acceptors (Lipinski definition) is 6. The van der Waals surface area contributed by atoms with Gasteiger partial charge in [-0.05, 0) is 107 Å². The molecule has 0 spiro atoms. The van der Waals surface area contributed by atoms with E-state index in [-0.39, 0.29) is 23.4 Å². The molecule has 0 saturated carbocycles. The average Bonchev–Trinajstić information content (AvgIpc) is 2.97. The Kier molecular flexibility index (Phi) is 10.1. The van der Waals surface area contributed by atoms with E-state index in [1.54, 1.807) is 14.2 Å². The van der Waals surface area contributed by atoms with E-state index < -0.39 is 0 Å². The second kappa shape index (κ2) is 13.7. The highest BCUT2D eigenvalue weighted by Crippen LogP contribution is 2.27. The number of Topliss-reactive ketones (excluding diaryl/α,β-unsaturated/α-hetero) is 2. The third-order valence-corrected chi connectivity index (χ3v) is 7.91. The number of likely N-dealkylation sites (tertiary alicyclic amines) is 2. The van der Waals surface area contributed by atoms with E-state index in [1.165, 1.54) is 38.5 Å². The van der Waals surface area contributed by atoms with Crippen molar-refractivity contribution in [3.63, 3.8) is 0 Å². The predicted molar refractivity (Wildman–Crippen MR) is 147 cm³/mol. The average molecular weight is 507 g/mol. The van der Waals surface area contributed by atoms with Gasteiger partial charge in [0.25, 0.3) is 0 Å². The van der Waals surface area contributed by atoms with Gasteiger partial charge in [-0.15, -0.1) is 0 Å². The van der Waals surface area contributed by atoms with Crippen molar-refractivity contribution in [1.29, 1.82) is 0 Å². The van der Waals surface area contributed by atoms with Crippen molar-refractivity contribution in [2.75, 3.05) is 53.5 Å². The molecule has 200 valence electrons. The second-order valence-corrected chi connectivity index (χ2v) is 10.5. The number of hydrogen-bond donors (Lipinski definition) is 0. The van der Waals surface area contributed by atoms with Crippen LogP contribution in [-0.2, 0) is 0 Å². The topological polar surface area (TPSA) is 59.1 Å². The molecule has 2 fully saturated rings. The molecule has 37 heavy (non-hydrogen) atoms. The van der Waals surface area contributed by atoms with Gasteiger partial charge in [-0.25, -0.2) is 0 Å². The Bertz CT molecular complexity index is 911. The molecule has 0 unspecified atom stereocenters. The number of methoxy groups -OCH3 is 2. The standard InChI is InChI=1S/C31H42N2O4/c1-36-28-13-9-24(10-14-28)30(34)26(22-32-17-5-3-6-18-32)21-27(23-33-19-7-4-8-20-33)31(35)25-11-15-29(37-2)16-12-25/h9-16,26-27H,3-8,17-23H2,1-2H3/t26-,27-/m0/s1. The van der Waals surface area contributed by atoms with Crippen LogP contribution in [0.5, 0.6) is 11.5 Å². The molecule has 2 saturated heterocycles. The van der Waals surface area contributed by atoms with Gasteiger partial charge in [-0.3, -0.25) is 9.59 Å². The number of rotatable bonds is 12. The van der Waals surface area contributed by atoms with Crippen LogP contribution in [0.1, 0.15) is 65.7 Å². The molecule has 2 atom stereocenters. The van der Waals surface area contributed by atoms with Crippen molar-refractivity contribution in [3.8, 4) is 11.5 Å². The van der Waals surface area contributed by atoms with Crippen molar-refractivity contribution in [2.45, 2.75) is 44.9 Å². The molecule has 2 aromatic carbocycles. The number of nitrogens with zero attached hydrogens (tertiary/aromatic N) is 2. The molecule has 0 aromatic heterocycles. The SMILES string of the molecule is COc1ccc(C(=O)[C@@H](C[C@@H](CN2CCCCC2)C(=O)c2ccc(OC)cc2)CN2CCCCC2)cc1. The lowest BCUT2D eigenvalue weighted by Gasteiger charge is -2.34. The number of piperidine rings is 2. The van der Waals surface area contributed by atoms with Crippen molar-refractivity contribution in [1.82, 2.24) is 9.80 Å². The Morgan fingerprint density at radius 3 is 1.30 bits per heavy atom. The normalized spacial score (nSPS) is 18.6. The summed E-state index contributed by atoms with van der Waals surface area (Å²) in [5, 5.41) is 0. The van der Waals surface area contributed by atoms with Crippen LogP contribution in [0.25, 0.3) is 0 Å². The van der Waals surface area contributed by atoms with Gasteiger partial charge < -0.3 is 19.3 Å². The lowest BCUT2D eigenvalue weighted by atomic mass is 9.83. The Balaban J connectivity index is 1.59. The molecule has 0 amide bonds. The highest BCUT2D eigenvalue weighted by Gasteiger charge is 2.32. The van der Waals surface area contributed by atoms with E-state index in [0.717, 1.165) is 37.7 Å². The zero-order valence-corrected chi connectivity index (χ0v) is 22.5. The van der Waals surface area contributed by atoms with Gasteiger partial charge in [0.15, 0.2) is 11.6 Å². The van der Waals surface area contributed by atoms with E-state index >= 15 is 0 Å². The van der Waals surface area contributed by atoms with Crippen LogP contribution >= 0.6 is 0 Å². The van der Waals surface area contributed by atoms with Crippen LogP contribution in [0.2, 0.25) is 0 Å². The Hall–Kier alpha value is -2.70. The maximum absolute atomic E-state index is 13.9. The summed E-state index contributed by atoms with van der Waals surface area (Å²) in [5.41, 5.74) is 1.38. The summed E-state index contributed by atoms with van der Waals surface area (Å²) in [6, 6.07) is 14.8. The smallest absolute Gasteiger partial charge is 0.167 e. The zero-order chi connectivity index (χ0) is 26.0. The van der Waals surface area contributed by atoms with Gasteiger partial charge in [0.2, 0.25) is 0 Å². The molecule has 6 heteroatoms. The third-order valence-electron chi connectivity index (χ3n) is 7.91. The molecule has 4 rings (SSSR count). The quantitative estimate of drug-likeness (QED) is 0.361. The van der Waals surface area contributed by atoms with Crippen molar-refractivity contribution < 1.29 is 19.1 Å². The minimum Gasteiger partial charge on any atom is -0.497 e. The molecule has 0 bridgehead atoms. The Morgan fingerprint density at radius 2 is 0.973 bits per heavy atom. The summed E-state index contributed by atoms with van der Waals surface area (Å²) in [6.45, 7) is 5.50. The molecule has 0 aliphatic carbocycles. The summed E-state index contributed by atoms with van der Waals surface area (Å²) >= 11 is 0. The van der Waals surface area contributed by atoms with Gasteiger partial charge in [0.05, 0.1) is 14.2 Å². The number of carbonyl (C=O) groups excluding carboxylic acids is 2. The molecular formula is C31H42N2O4. The third kappa shape index (κ3) is 7.65. The van der Waals surface area contributed by atoms with Crippen molar-refractivity contribution in [2.24, 2.45) is 11.8 Å². The van der Waals surface area contributed by atoms with Crippen LogP contribution in [0, 0.1) is 11.8 Å². The summed E-state index contributed by atoms with van der Waals surface area (Å²) in [6.07, 6.45) is 7.75. The van der Waals surface area contributed by atoms with E-state index in [9.17, 15) is 9.59 Å². The van der Waals surface area contributed by atoms with Gasteiger partial charge in [-0.1, -0.05) is 12.8 Å². The van der Waals surface area contributed by atoms with Gasteiger partial charge in [0.1, 0.15) is 11.5 Å². The fourth-order valence-corrected chi connectivity index (χ4v) is 5.76. The number of ketones is 2. The summed E-state index contributed by atoms with van der Waals surface area (Å²) in [5.74, 6) is 1.26. The highest BCUT2D eigenvalue weighted by atomic mass is 16.5. The lowest BCUT2D eigenvalue weighted by Crippen LogP contribution is -2.41. The van der Waals surface area contributed by atoms with Crippen LogP contribution in [0.3, 0.4) is 0 Å². The van der Waals surface area contributed by atoms with E-state index in [2.05, 4.69) is 9.80 Å². The first-order valence-electron chi connectivity index (χ1n) is 13.9. The fourth-order valence-electron chi connectivity index (χ4n) is 5.76.